The second-order valence-electron chi connectivity index (χ2n) is 7.19. The van der Waals surface area contributed by atoms with Gasteiger partial charge in [0, 0.05) is 22.2 Å². The smallest absolute Gasteiger partial charge is 0.255 e. The molecule has 1 saturated heterocycles. The zero-order valence-electron chi connectivity index (χ0n) is 16.3. The molecule has 10 heteroatoms. The molecule has 2 aliphatic rings. The number of nitrogens with one attached hydrogen (secondary N) is 2. The van der Waals surface area contributed by atoms with Gasteiger partial charge in [-0.15, -0.1) is 0 Å². The Kier molecular flexibility index (Phi) is 5.69. The maximum atomic E-state index is 12.7. The van der Waals surface area contributed by atoms with Crippen LogP contribution in [0, 0.1) is 6.92 Å². The van der Waals surface area contributed by atoms with Gasteiger partial charge < -0.3 is 15.4 Å². The Labute approximate surface area is 184 Å². The lowest BCUT2D eigenvalue weighted by Crippen LogP contribution is -2.14. The van der Waals surface area contributed by atoms with Gasteiger partial charge in [-0.05, 0) is 42.8 Å². The van der Waals surface area contributed by atoms with E-state index in [1.165, 1.54) is 18.9 Å². The number of amides is 1. The summed E-state index contributed by atoms with van der Waals surface area (Å²) in [4.78, 5) is 17.2. The Balaban J connectivity index is 1.48. The Morgan fingerprint density at radius 3 is 2.73 bits per heavy atom. The molecule has 2 aromatic rings. The quantitative estimate of drug-likeness (QED) is 0.716. The summed E-state index contributed by atoms with van der Waals surface area (Å²) in [5.41, 5.74) is 2.74. The number of sulfone groups is 1. The first-order chi connectivity index (χ1) is 14.2. The molecular formula is C20H20ClN3O4S2. The van der Waals surface area contributed by atoms with Gasteiger partial charge in [0.1, 0.15) is 5.75 Å². The van der Waals surface area contributed by atoms with E-state index in [1.54, 1.807) is 30.3 Å². The average molecular weight is 466 g/mol. The van der Waals surface area contributed by atoms with Crippen LogP contribution < -0.4 is 15.4 Å². The fourth-order valence-corrected chi connectivity index (χ4v) is 7.30. The van der Waals surface area contributed by atoms with E-state index in [0.29, 0.717) is 27.2 Å². The minimum Gasteiger partial charge on any atom is -0.495 e. The van der Waals surface area contributed by atoms with Crippen LogP contribution in [0.1, 0.15) is 15.9 Å². The zero-order valence-corrected chi connectivity index (χ0v) is 18.7. The number of methoxy groups -OCH3 is 1. The number of nitrogens with zero attached hydrogens (tertiary/aromatic N) is 1. The lowest BCUT2D eigenvalue weighted by Gasteiger charge is -2.12. The first kappa shape index (κ1) is 21.0. The summed E-state index contributed by atoms with van der Waals surface area (Å²) in [5, 5.41) is 7.12. The maximum absolute atomic E-state index is 12.7. The van der Waals surface area contributed by atoms with E-state index < -0.39 is 9.84 Å². The van der Waals surface area contributed by atoms with Crippen molar-refractivity contribution in [2.24, 2.45) is 4.99 Å². The number of carbonyl (C=O) groups is 1. The summed E-state index contributed by atoms with van der Waals surface area (Å²) in [6, 6.07) is 10.2. The molecule has 0 saturated carbocycles. The van der Waals surface area contributed by atoms with Crippen LogP contribution in [-0.4, -0.2) is 49.4 Å². The first-order valence-electron chi connectivity index (χ1n) is 9.21. The number of ether oxygens (including phenoxy) is 1. The monoisotopic (exact) mass is 465 g/mol. The highest BCUT2D eigenvalue weighted by atomic mass is 35.5. The molecule has 2 atom stereocenters. The molecule has 0 bridgehead atoms. The number of amidine groups is 1. The number of hydrogen-bond donors (Lipinski definition) is 2. The molecule has 2 heterocycles. The fourth-order valence-electron chi connectivity index (χ4n) is 3.38. The number of aryl methyl sites for hydroxylation is 1. The second-order valence-corrected chi connectivity index (χ2v) is 11.0. The van der Waals surface area contributed by atoms with Crippen molar-refractivity contribution >= 4 is 55.6 Å². The number of benzene rings is 2. The lowest BCUT2D eigenvalue weighted by atomic mass is 10.1. The Morgan fingerprint density at radius 2 is 2.03 bits per heavy atom. The van der Waals surface area contributed by atoms with Crippen LogP contribution in [0.2, 0.25) is 5.02 Å². The van der Waals surface area contributed by atoms with Crippen molar-refractivity contribution in [3.8, 4) is 5.75 Å². The summed E-state index contributed by atoms with van der Waals surface area (Å²) in [7, 11) is -1.46. The molecule has 2 N–H and O–H groups in total. The highest BCUT2D eigenvalue weighted by Crippen LogP contribution is 2.35. The number of halogens is 1. The molecule has 7 nitrogen and oxygen atoms in total. The normalized spacial score (nSPS) is 21.6. The number of anilines is 2. The minimum absolute atomic E-state index is 0.0379. The Hall–Kier alpha value is -2.23. The number of aliphatic imine (C=N–C) groups is 1. The van der Waals surface area contributed by atoms with Crippen LogP contribution in [0.3, 0.4) is 0 Å². The predicted octanol–water partition coefficient (Wildman–Crippen LogP) is 3.59. The van der Waals surface area contributed by atoms with Crippen LogP contribution >= 0.6 is 23.4 Å². The number of carbonyl (C=O) groups excluding carboxylic acids is 1. The summed E-state index contributed by atoms with van der Waals surface area (Å²) >= 11 is 7.56. The number of thioether (sulfide) groups is 1. The highest BCUT2D eigenvalue weighted by Gasteiger charge is 2.42. The number of hydrogen-bond acceptors (Lipinski definition) is 7. The molecule has 1 amide bonds. The van der Waals surface area contributed by atoms with Crippen molar-refractivity contribution in [3.05, 3.63) is 52.5 Å². The van der Waals surface area contributed by atoms with Crippen molar-refractivity contribution in [2.75, 3.05) is 29.2 Å². The van der Waals surface area contributed by atoms with Gasteiger partial charge in [0.25, 0.3) is 5.91 Å². The van der Waals surface area contributed by atoms with Crippen LogP contribution in [-0.2, 0) is 9.84 Å². The lowest BCUT2D eigenvalue weighted by molar-refractivity contribution is 0.102. The molecule has 30 heavy (non-hydrogen) atoms. The van der Waals surface area contributed by atoms with E-state index in [-0.39, 0.29) is 28.7 Å². The van der Waals surface area contributed by atoms with E-state index in [9.17, 15) is 13.2 Å². The summed E-state index contributed by atoms with van der Waals surface area (Å²) in [5.74, 6) is 0.511. The number of fused-ring (bicyclic) bond motifs is 1. The second kappa shape index (κ2) is 8.13. The Morgan fingerprint density at radius 1 is 1.23 bits per heavy atom. The van der Waals surface area contributed by atoms with Crippen LogP contribution in [0.5, 0.6) is 5.75 Å². The van der Waals surface area contributed by atoms with Gasteiger partial charge in [0.15, 0.2) is 15.0 Å². The van der Waals surface area contributed by atoms with Gasteiger partial charge in [0.2, 0.25) is 0 Å². The van der Waals surface area contributed by atoms with E-state index in [0.717, 1.165) is 11.3 Å². The minimum atomic E-state index is -2.99. The molecular weight excluding hydrogens is 446 g/mol. The van der Waals surface area contributed by atoms with E-state index >= 15 is 0 Å². The summed E-state index contributed by atoms with van der Waals surface area (Å²) in [6.07, 6.45) is 0. The third kappa shape index (κ3) is 4.43. The molecule has 0 radical (unpaired) electrons. The van der Waals surface area contributed by atoms with Crippen molar-refractivity contribution in [3.63, 3.8) is 0 Å². The molecule has 2 aliphatic heterocycles. The molecule has 0 spiro atoms. The zero-order chi connectivity index (χ0) is 21.5. The third-order valence-corrected chi connectivity index (χ3v) is 8.41. The fraction of sp³-hybridized carbons (Fsp3) is 0.300. The average Bonchev–Trinajstić information content (AvgIpc) is 3.16. The van der Waals surface area contributed by atoms with Gasteiger partial charge in [-0.25, -0.2) is 8.42 Å². The molecule has 0 aromatic heterocycles. The van der Waals surface area contributed by atoms with Crippen LogP contribution in [0.15, 0.2) is 41.4 Å². The standard InChI is InChI=1S/C20H20ClN3O4S2/c1-11-3-4-12(19(25)22-13-5-6-17(28-2)14(21)8-13)7-15(11)23-20-24-16-9-30(26,27)10-18(16)29-20/h3-8,16,18H,9-10H2,1-2H3,(H,22,25)(H,23,24)/t16-,18+/m0/s1. The van der Waals surface area contributed by atoms with Gasteiger partial charge in [0.05, 0.1) is 29.7 Å². The van der Waals surface area contributed by atoms with Crippen LogP contribution in [0.4, 0.5) is 11.4 Å². The molecule has 1 fully saturated rings. The Bertz CT molecular complexity index is 1150. The molecule has 2 aromatic carbocycles. The first-order valence-corrected chi connectivity index (χ1v) is 12.3. The van der Waals surface area contributed by atoms with Crippen molar-refractivity contribution in [1.82, 2.24) is 0 Å². The van der Waals surface area contributed by atoms with Crippen molar-refractivity contribution < 1.29 is 17.9 Å². The van der Waals surface area contributed by atoms with Gasteiger partial charge in [-0.3, -0.25) is 9.79 Å². The SMILES string of the molecule is COc1ccc(NC(=O)c2ccc(C)c(NC3=N[C@H]4CS(=O)(=O)C[C@H]4S3)c2)cc1Cl. The third-order valence-electron chi connectivity index (χ3n) is 4.97. The molecule has 4 rings (SSSR count). The molecule has 158 valence electrons. The highest BCUT2D eigenvalue weighted by molar-refractivity contribution is 8.15. The van der Waals surface area contributed by atoms with Gasteiger partial charge in [-0.2, -0.15) is 0 Å². The molecule has 0 unspecified atom stereocenters. The largest absolute Gasteiger partial charge is 0.495 e. The van der Waals surface area contributed by atoms with E-state index in [2.05, 4.69) is 15.6 Å². The summed E-state index contributed by atoms with van der Waals surface area (Å²) in [6.45, 7) is 1.93. The maximum Gasteiger partial charge on any atom is 0.255 e. The number of rotatable bonds is 4. The predicted molar refractivity (Wildman–Crippen MR) is 122 cm³/mol. The molecule has 0 aliphatic carbocycles. The summed E-state index contributed by atoms with van der Waals surface area (Å²) < 4.78 is 28.6. The van der Waals surface area contributed by atoms with E-state index in [4.69, 9.17) is 16.3 Å². The van der Waals surface area contributed by atoms with Gasteiger partial charge >= 0.3 is 0 Å². The van der Waals surface area contributed by atoms with Crippen molar-refractivity contribution in [1.29, 1.82) is 0 Å². The topological polar surface area (TPSA) is 96.9 Å². The van der Waals surface area contributed by atoms with Crippen molar-refractivity contribution in [2.45, 2.75) is 18.2 Å². The van der Waals surface area contributed by atoms with E-state index in [1.807, 2.05) is 13.0 Å². The van der Waals surface area contributed by atoms with Gasteiger partial charge in [-0.1, -0.05) is 29.4 Å². The van der Waals surface area contributed by atoms with Crippen LogP contribution in [0.25, 0.3) is 0 Å².